The summed E-state index contributed by atoms with van der Waals surface area (Å²) in [5.41, 5.74) is 0. The lowest BCUT2D eigenvalue weighted by Crippen LogP contribution is -2.53. The van der Waals surface area contributed by atoms with E-state index in [0.717, 1.165) is 44.9 Å². The predicted octanol–water partition coefficient (Wildman–Crippen LogP) is 12.4. The van der Waals surface area contributed by atoms with Crippen molar-refractivity contribution in [2.45, 2.75) is 263 Å². The first-order chi connectivity index (χ1) is 26.0. The van der Waals surface area contributed by atoms with Crippen LogP contribution in [0.15, 0.2) is 24.3 Å². The molecule has 0 saturated heterocycles. The third-order valence-electron chi connectivity index (χ3n) is 10.9. The minimum Gasteiger partial charge on any atom is -0.394 e. The number of rotatable bonds is 42. The second kappa shape index (κ2) is 41.9. The van der Waals surface area contributed by atoms with Gasteiger partial charge in [0.25, 0.3) is 0 Å². The highest BCUT2D eigenvalue weighted by atomic mass is 16.3. The lowest BCUT2D eigenvalue weighted by atomic mass is 9.99. The van der Waals surface area contributed by atoms with E-state index in [0.29, 0.717) is 12.8 Å². The fraction of sp³-hybridized carbons (Fsp3) is 0.894. The molecule has 0 aromatic rings. The summed E-state index contributed by atoms with van der Waals surface area (Å²) in [5.74, 6) is -0.586. The third kappa shape index (κ3) is 36.2. The molecule has 0 aliphatic rings. The second-order valence-corrected chi connectivity index (χ2v) is 16.1. The lowest BCUT2D eigenvalue weighted by molar-refractivity contribution is -0.132. The standard InChI is InChI=1S/C47H91NO5/c1-3-5-7-9-11-12-13-14-15-16-17-18-19-20-21-22-23-24-25-26-27-28-29-30-31-32-33-35-37-39-41-45(51)47(53)48-43(42-49)46(52)44(50)40-38-36-34-10-8-6-4-2/h17-18,20-21,43-46,49-52H,3-16,19,22-42H2,1-2H3,(H,48,53)/b18-17-,21-20-. The number of nitrogens with one attached hydrogen (secondary N) is 1. The van der Waals surface area contributed by atoms with Gasteiger partial charge in [0.2, 0.25) is 5.91 Å². The van der Waals surface area contributed by atoms with Crippen LogP contribution in [0.4, 0.5) is 0 Å². The van der Waals surface area contributed by atoms with Gasteiger partial charge in [0.1, 0.15) is 12.2 Å². The van der Waals surface area contributed by atoms with E-state index in [1.165, 1.54) is 167 Å². The highest BCUT2D eigenvalue weighted by Crippen LogP contribution is 2.16. The minimum atomic E-state index is -1.25. The number of aliphatic hydroxyl groups excluding tert-OH is 4. The first kappa shape index (κ1) is 51.8. The molecule has 0 aliphatic heterocycles. The van der Waals surface area contributed by atoms with Gasteiger partial charge in [0.15, 0.2) is 0 Å². The van der Waals surface area contributed by atoms with Gasteiger partial charge in [-0.1, -0.05) is 218 Å². The van der Waals surface area contributed by atoms with Crippen LogP contribution in [0.5, 0.6) is 0 Å². The first-order valence-electron chi connectivity index (χ1n) is 23.2. The average Bonchev–Trinajstić information content (AvgIpc) is 3.16. The molecule has 314 valence electrons. The van der Waals surface area contributed by atoms with Crippen LogP contribution < -0.4 is 5.32 Å². The van der Waals surface area contributed by atoms with E-state index in [1.807, 2.05) is 0 Å². The summed E-state index contributed by atoms with van der Waals surface area (Å²) >= 11 is 0. The largest absolute Gasteiger partial charge is 0.394 e. The van der Waals surface area contributed by atoms with Gasteiger partial charge >= 0.3 is 0 Å². The summed E-state index contributed by atoms with van der Waals surface area (Å²) < 4.78 is 0. The van der Waals surface area contributed by atoms with Crippen molar-refractivity contribution < 1.29 is 25.2 Å². The molecule has 4 unspecified atom stereocenters. The van der Waals surface area contributed by atoms with Gasteiger partial charge in [0.05, 0.1) is 18.8 Å². The molecule has 6 heteroatoms. The summed E-state index contributed by atoms with van der Waals surface area (Å²) in [5, 5.41) is 43.4. The van der Waals surface area contributed by atoms with E-state index in [-0.39, 0.29) is 0 Å². The van der Waals surface area contributed by atoms with E-state index < -0.39 is 36.9 Å². The molecule has 1 amide bonds. The molecule has 0 aromatic heterocycles. The molecule has 53 heavy (non-hydrogen) atoms. The summed E-state index contributed by atoms with van der Waals surface area (Å²) in [7, 11) is 0. The van der Waals surface area contributed by atoms with Crippen LogP contribution in [-0.2, 0) is 4.79 Å². The topological polar surface area (TPSA) is 110 Å². The quantitative estimate of drug-likeness (QED) is 0.0315. The highest BCUT2D eigenvalue weighted by Gasteiger charge is 2.28. The average molecular weight is 750 g/mol. The molecule has 0 radical (unpaired) electrons. The maximum Gasteiger partial charge on any atom is 0.249 e. The number of aliphatic hydroxyl groups is 4. The Labute approximate surface area is 329 Å². The van der Waals surface area contributed by atoms with Gasteiger partial charge in [-0.15, -0.1) is 0 Å². The van der Waals surface area contributed by atoms with Gasteiger partial charge in [-0.3, -0.25) is 4.79 Å². The molecule has 0 rings (SSSR count). The maximum atomic E-state index is 12.4. The summed E-state index contributed by atoms with van der Waals surface area (Å²) in [6.45, 7) is 3.99. The van der Waals surface area contributed by atoms with Crippen molar-refractivity contribution in [3.8, 4) is 0 Å². The van der Waals surface area contributed by atoms with Gasteiger partial charge in [-0.05, 0) is 44.9 Å². The van der Waals surface area contributed by atoms with Gasteiger partial charge in [-0.25, -0.2) is 0 Å². The van der Waals surface area contributed by atoms with E-state index in [1.54, 1.807) is 0 Å². The molecule has 5 N–H and O–H groups in total. The zero-order chi connectivity index (χ0) is 38.9. The fourth-order valence-corrected chi connectivity index (χ4v) is 7.20. The third-order valence-corrected chi connectivity index (χ3v) is 10.9. The normalized spacial score (nSPS) is 14.3. The highest BCUT2D eigenvalue weighted by molar-refractivity contribution is 5.80. The van der Waals surface area contributed by atoms with E-state index in [2.05, 4.69) is 43.5 Å². The van der Waals surface area contributed by atoms with Gasteiger partial charge in [0, 0.05) is 0 Å². The van der Waals surface area contributed by atoms with Crippen LogP contribution in [0, 0.1) is 0 Å². The number of unbranched alkanes of at least 4 members (excludes halogenated alkanes) is 29. The Morgan fingerprint density at radius 1 is 0.472 bits per heavy atom. The Hall–Kier alpha value is -1.21. The van der Waals surface area contributed by atoms with Crippen LogP contribution in [0.1, 0.15) is 239 Å². The molecule has 0 spiro atoms. The number of hydrogen-bond acceptors (Lipinski definition) is 5. The van der Waals surface area contributed by atoms with Gasteiger partial charge in [-0.2, -0.15) is 0 Å². The Morgan fingerprint density at radius 2 is 0.811 bits per heavy atom. The molecule has 0 aliphatic carbocycles. The van der Waals surface area contributed by atoms with Crippen molar-refractivity contribution in [2.24, 2.45) is 0 Å². The molecular formula is C47H91NO5. The van der Waals surface area contributed by atoms with Crippen molar-refractivity contribution in [3.05, 3.63) is 24.3 Å². The fourth-order valence-electron chi connectivity index (χ4n) is 7.20. The molecule has 6 nitrogen and oxygen atoms in total. The monoisotopic (exact) mass is 750 g/mol. The van der Waals surface area contributed by atoms with Crippen molar-refractivity contribution in [1.82, 2.24) is 5.32 Å². The van der Waals surface area contributed by atoms with E-state index >= 15 is 0 Å². The van der Waals surface area contributed by atoms with Crippen LogP contribution >= 0.6 is 0 Å². The SMILES string of the molecule is CCCCCCCCCCC/C=C\C/C=C\CCCCCCCCCCCCCCCCC(O)C(=O)NC(CO)C(O)C(O)CCCCCCCCC. The molecule has 0 bridgehead atoms. The van der Waals surface area contributed by atoms with E-state index in [4.69, 9.17) is 0 Å². The molecule has 0 aromatic carbocycles. The first-order valence-corrected chi connectivity index (χ1v) is 23.2. The summed E-state index contributed by atoms with van der Waals surface area (Å²) in [6, 6.07) is -0.981. The van der Waals surface area contributed by atoms with Crippen molar-refractivity contribution >= 4 is 5.91 Å². The Kier molecular flexibility index (Phi) is 41.0. The van der Waals surface area contributed by atoms with Crippen molar-refractivity contribution in [3.63, 3.8) is 0 Å². The van der Waals surface area contributed by atoms with Crippen molar-refractivity contribution in [1.29, 1.82) is 0 Å². The molecule has 0 heterocycles. The molecule has 4 atom stereocenters. The van der Waals surface area contributed by atoms with Crippen LogP contribution in [0.2, 0.25) is 0 Å². The maximum absolute atomic E-state index is 12.4. The number of carbonyl (C=O) groups excluding carboxylic acids is 1. The van der Waals surface area contributed by atoms with Gasteiger partial charge < -0.3 is 25.7 Å². The second-order valence-electron chi connectivity index (χ2n) is 16.1. The smallest absolute Gasteiger partial charge is 0.249 e. The predicted molar refractivity (Wildman–Crippen MR) is 228 cm³/mol. The van der Waals surface area contributed by atoms with Crippen molar-refractivity contribution in [2.75, 3.05) is 6.61 Å². The number of allylic oxidation sites excluding steroid dienone is 4. The van der Waals surface area contributed by atoms with Crippen LogP contribution in [-0.4, -0.2) is 57.3 Å². The summed E-state index contributed by atoms with van der Waals surface area (Å²) in [4.78, 5) is 12.4. The number of amides is 1. The molecule has 0 fully saturated rings. The summed E-state index contributed by atoms with van der Waals surface area (Å²) in [6.07, 6.45) is 48.3. The van der Waals surface area contributed by atoms with Crippen LogP contribution in [0.25, 0.3) is 0 Å². The lowest BCUT2D eigenvalue weighted by Gasteiger charge is -2.27. The molecular weight excluding hydrogens is 659 g/mol. The molecule has 0 saturated carbocycles. The number of hydrogen-bond donors (Lipinski definition) is 5. The minimum absolute atomic E-state index is 0.370. The Morgan fingerprint density at radius 3 is 1.19 bits per heavy atom. The zero-order valence-electron chi connectivity index (χ0n) is 35.3. The Balaban J connectivity index is 3.56. The van der Waals surface area contributed by atoms with E-state index in [9.17, 15) is 25.2 Å². The zero-order valence-corrected chi connectivity index (χ0v) is 35.3. The van der Waals surface area contributed by atoms with Crippen LogP contribution in [0.3, 0.4) is 0 Å². The Bertz CT molecular complexity index is 802. The number of carbonyl (C=O) groups is 1.